The van der Waals surface area contributed by atoms with Crippen molar-refractivity contribution in [2.24, 2.45) is 0 Å². The van der Waals surface area contributed by atoms with Gasteiger partial charge in [-0.2, -0.15) is 0 Å². The van der Waals surface area contributed by atoms with Gasteiger partial charge in [0, 0.05) is 36.2 Å². The third kappa shape index (κ3) is 2.86. The van der Waals surface area contributed by atoms with Crippen molar-refractivity contribution >= 4 is 16.5 Å². The molecule has 4 heteroatoms. The molecule has 1 saturated heterocycles. The van der Waals surface area contributed by atoms with Crippen LogP contribution in [-0.4, -0.2) is 23.6 Å². The van der Waals surface area contributed by atoms with Crippen molar-refractivity contribution in [1.29, 1.82) is 0 Å². The van der Waals surface area contributed by atoms with Crippen LogP contribution >= 0.6 is 11.3 Å². The van der Waals surface area contributed by atoms with Crippen molar-refractivity contribution < 1.29 is 0 Å². The lowest BCUT2D eigenvalue weighted by molar-refractivity contribution is 0.449. The van der Waals surface area contributed by atoms with Crippen LogP contribution in [0.1, 0.15) is 50.3 Å². The SMILES string of the molecule is CCC1CCCCN1c1ncc(CNC2CC2)s1. The fourth-order valence-electron chi connectivity index (χ4n) is 2.72. The molecule has 1 N–H and O–H groups in total. The highest BCUT2D eigenvalue weighted by atomic mass is 32.1. The van der Waals surface area contributed by atoms with Crippen LogP contribution in [0.4, 0.5) is 5.13 Å². The number of hydrogen-bond donors (Lipinski definition) is 1. The average molecular weight is 265 g/mol. The molecule has 100 valence electrons. The van der Waals surface area contributed by atoms with Gasteiger partial charge in [0.05, 0.1) is 0 Å². The Bertz CT molecular complexity index is 386. The highest BCUT2D eigenvalue weighted by Crippen LogP contribution is 2.30. The number of anilines is 1. The van der Waals surface area contributed by atoms with Gasteiger partial charge in [0.25, 0.3) is 0 Å². The van der Waals surface area contributed by atoms with E-state index in [1.807, 2.05) is 11.3 Å². The van der Waals surface area contributed by atoms with Gasteiger partial charge in [-0.15, -0.1) is 11.3 Å². The second-order valence-electron chi connectivity index (χ2n) is 5.52. The molecule has 0 bridgehead atoms. The van der Waals surface area contributed by atoms with Gasteiger partial charge in [0.15, 0.2) is 5.13 Å². The molecule has 0 aromatic carbocycles. The van der Waals surface area contributed by atoms with Gasteiger partial charge in [-0.3, -0.25) is 0 Å². The topological polar surface area (TPSA) is 28.2 Å². The minimum absolute atomic E-state index is 0.717. The van der Waals surface area contributed by atoms with Gasteiger partial charge in [-0.25, -0.2) is 4.98 Å². The minimum atomic E-state index is 0.717. The maximum atomic E-state index is 4.64. The van der Waals surface area contributed by atoms with Crippen LogP contribution in [0, 0.1) is 0 Å². The molecule has 0 amide bonds. The summed E-state index contributed by atoms with van der Waals surface area (Å²) in [6.07, 6.45) is 10.1. The Morgan fingerprint density at radius 3 is 3.06 bits per heavy atom. The molecular formula is C14H23N3S. The van der Waals surface area contributed by atoms with Crippen LogP contribution in [0.5, 0.6) is 0 Å². The van der Waals surface area contributed by atoms with E-state index < -0.39 is 0 Å². The van der Waals surface area contributed by atoms with Crippen molar-refractivity contribution in [3.63, 3.8) is 0 Å². The molecule has 0 radical (unpaired) electrons. The molecule has 3 rings (SSSR count). The first-order valence-corrected chi connectivity index (χ1v) is 8.13. The second-order valence-corrected chi connectivity index (χ2v) is 6.61. The number of nitrogens with zero attached hydrogens (tertiary/aromatic N) is 2. The molecule has 1 aliphatic carbocycles. The molecular weight excluding hydrogens is 242 g/mol. The maximum absolute atomic E-state index is 4.64. The molecule has 0 spiro atoms. The highest BCUT2D eigenvalue weighted by Gasteiger charge is 2.24. The Morgan fingerprint density at radius 2 is 2.28 bits per heavy atom. The quantitative estimate of drug-likeness (QED) is 0.886. The zero-order valence-corrected chi connectivity index (χ0v) is 12.0. The molecule has 2 fully saturated rings. The summed E-state index contributed by atoms with van der Waals surface area (Å²) in [6, 6.07) is 1.50. The van der Waals surface area contributed by atoms with Crippen molar-refractivity contribution in [3.05, 3.63) is 11.1 Å². The van der Waals surface area contributed by atoms with E-state index >= 15 is 0 Å². The standard InChI is InChI=1S/C14H23N3S/c1-2-12-5-3-4-8-17(12)14-16-10-13(18-14)9-15-11-6-7-11/h10-12,15H,2-9H2,1H3. The summed E-state index contributed by atoms with van der Waals surface area (Å²) < 4.78 is 0. The molecule has 2 heterocycles. The molecule has 1 aromatic heterocycles. The van der Waals surface area contributed by atoms with E-state index in [0.717, 1.165) is 12.6 Å². The Kier molecular flexibility index (Phi) is 3.85. The number of rotatable bonds is 5. The first kappa shape index (κ1) is 12.4. The van der Waals surface area contributed by atoms with Crippen LogP contribution in [0.25, 0.3) is 0 Å². The lowest BCUT2D eigenvalue weighted by Crippen LogP contribution is -2.38. The van der Waals surface area contributed by atoms with Gasteiger partial charge in [-0.05, 0) is 38.5 Å². The van der Waals surface area contributed by atoms with Crippen molar-refractivity contribution in [2.45, 2.75) is 64.1 Å². The summed E-state index contributed by atoms with van der Waals surface area (Å²) in [6.45, 7) is 4.50. The predicted octanol–water partition coefficient (Wildman–Crippen LogP) is 3.16. The molecule has 1 atom stereocenters. The van der Waals surface area contributed by atoms with E-state index in [0.29, 0.717) is 6.04 Å². The number of hydrogen-bond acceptors (Lipinski definition) is 4. The summed E-state index contributed by atoms with van der Waals surface area (Å²) >= 11 is 1.88. The van der Waals surface area contributed by atoms with Crippen LogP contribution in [0.3, 0.4) is 0 Å². The van der Waals surface area contributed by atoms with Crippen molar-refractivity contribution in [2.75, 3.05) is 11.4 Å². The summed E-state index contributed by atoms with van der Waals surface area (Å²) in [5, 5.41) is 4.81. The molecule has 1 unspecified atom stereocenters. The summed E-state index contributed by atoms with van der Waals surface area (Å²) in [5.74, 6) is 0. The van der Waals surface area contributed by atoms with Crippen LogP contribution in [0.15, 0.2) is 6.20 Å². The van der Waals surface area contributed by atoms with E-state index in [-0.39, 0.29) is 0 Å². The Hall–Kier alpha value is -0.610. The normalized spacial score (nSPS) is 24.5. The first-order valence-electron chi connectivity index (χ1n) is 7.31. The van der Waals surface area contributed by atoms with E-state index in [2.05, 4.69) is 28.3 Å². The smallest absolute Gasteiger partial charge is 0.185 e. The number of nitrogens with one attached hydrogen (secondary N) is 1. The van der Waals surface area contributed by atoms with Crippen molar-refractivity contribution in [1.82, 2.24) is 10.3 Å². The summed E-state index contributed by atoms with van der Waals surface area (Å²) in [4.78, 5) is 8.56. The fourth-order valence-corrected chi connectivity index (χ4v) is 3.68. The first-order chi connectivity index (χ1) is 8.86. The Labute approximate surface area is 114 Å². The lowest BCUT2D eigenvalue weighted by Gasteiger charge is -2.34. The third-order valence-corrected chi connectivity index (χ3v) is 5.06. The van der Waals surface area contributed by atoms with E-state index in [1.54, 1.807) is 0 Å². The largest absolute Gasteiger partial charge is 0.345 e. The van der Waals surface area contributed by atoms with Crippen LogP contribution in [0.2, 0.25) is 0 Å². The van der Waals surface area contributed by atoms with Gasteiger partial charge in [-0.1, -0.05) is 6.92 Å². The average Bonchev–Trinajstić information content (AvgIpc) is 3.13. The van der Waals surface area contributed by atoms with E-state index in [1.165, 1.54) is 55.1 Å². The maximum Gasteiger partial charge on any atom is 0.185 e. The monoisotopic (exact) mass is 265 g/mol. The molecule has 2 aliphatic rings. The van der Waals surface area contributed by atoms with E-state index in [9.17, 15) is 0 Å². The summed E-state index contributed by atoms with van der Waals surface area (Å²) in [5.41, 5.74) is 0. The zero-order valence-electron chi connectivity index (χ0n) is 11.2. The van der Waals surface area contributed by atoms with Gasteiger partial charge in [0.2, 0.25) is 0 Å². The molecule has 1 aliphatic heterocycles. The Balaban J connectivity index is 1.62. The van der Waals surface area contributed by atoms with E-state index in [4.69, 9.17) is 0 Å². The minimum Gasteiger partial charge on any atom is -0.345 e. The van der Waals surface area contributed by atoms with Crippen LogP contribution < -0.4 is 10.2 Å². The van der Waals surface area contributed by atoms with Gasteiger partial charge in [0.1, 0.15) is 0 Å². The van der Waals surface area contributed by atoms with Crippen molar-refractivity contribution in [3.8, 4) is 0 Å². The molecule has 1 saturated carbocycles. The number of aromatic nitrogens is 1. The summed E-state index contributed by atoms with van der Waals surface area (Å²) in [7, 11) is 0. The fraction of sp³-hybridized carbons (Fsp3) is 0.786. The molecule has 18 heavy (non-hydrogen) atoms. The number of piperidine rings is 1. The molecule has 3 nitrogen and oxygen atoms in total. The van der Waals surface area contributed by atoms with Gasteiger partial charge < -0.3 is 10.2 Å². The predicted molar refractivity (Wildman–Crippen MR) is 77.3 cm³/mol. The zero-order chi connectivity index (χ0) is 12.4. The lowest BCUT2D eigenvalue weighted by atomic mass is 10.0. The van der Waals surface area contributed by atoms with Crippen LogP contribution in [-0.2, 0) is 6.54 Å². The number of thiazole rings is 1. The third-order valence-electron chi connectivity index (χ3n) is 4.03. The second kappa shape index (κ2) is 5.57. The van der Waals surface area contributed by atoms with Gasteiger partial charge >= 0.3 is 0 Å². The molecule has 1 aromatic rings. The highest BCUT2D eigenvalue weighted by molar-refractivity contribution is 7.15. The Morgan fingerprint density at radius 1 is 1.39 bits per heavy atom.